The van der Waals surface area contributed by atoms with Gasteiger partial charge in [0.05, 0.1) is 72.5 Å². The van der Waals surface area contributed by atoms with Crippen molar-refractivity contribution >= 4 is 112 Å². The quantitative estimate of drug-likeness (QED) is 0.0517. The van der Waals surface area contributed by atoms with Gasteiger partial charge in [0.2, 0.25) is 46.5 Å². The number of nitrogens with zero attached hydrogens (tertiary/aromatic N) is 12. The maximum absolute atomic E-state index is 10.3. The van der Waals surface area contributed by atoms with E-state index in [1.54, 1.807) is 115 Å². The highest BCUT2D eigenvalue weighted by Crippen LogP contribution is 2.43. The topological polar surface area (TPSA) is 267 Å². The molecule has 20 nitrogen and oxygen atoms in total. The molecule has 6 aromatic carbocycles. The van der Waals surface area contributed by atoms with Crippen molar-refractivity contribution in [1.82, 2.24) is 30.6 Å². The number of rotatable bonds is 16. The van der Waals surface area contributed by atoms with Crippen LogP contribution in [0.5, 0.6) is 0 Å². The molecule has 1 unspecified atom stereocenters. The lowest BCUT2D eigenvalue weighted by Gasteiger charge is -2.40. The summed E-state index contributed by atoms with van der Waals surface area (Å²) in [7, 11) is -2.10. The first-order valence-corrected chi connectivity index (χ1v) is 34.4. The highest BCUT2D eigenvalue weighted by Gasteiger charge is 2.41. The number of benzene rings is 6. The number of allylic oxidation sites excluding steroid dienone is 1. The van der Waals surface area contributed by atoms with E-state index in [1.807, 2.05) is 78.5 Å². The second-order valence-electron chi connectivity index (χ2n) is 22.5. The molecule has 0 radical (unpaired) electrons. The third-order valence-corrected chi connectivity index (χ3v) is 22.8. The molecule has 0 bridgehead atoms. The number of hydrogen-bond donors (Lipinski definition) is 4. The van der Waals surface area contributed by atoms with Crippen molar-refractivity contribution < 1.29 is 22.8 Å². The summed E-state index contributed by atoms with van der Waals surface area (Å²) in [6.07, 6.45) is 0.782. The molecule has 24 heteroatoms. The smallest absolute Gasteiger partial charge is 0.264 e. The third-order valence-electron chi connectivity index (χ3n) is 15.4. The summed E-state index contributed by atoms with van der Waals surface area (Å²) in [6, 6.07) is 43.0. The fourth-order valence-electron chi connectivity index (χ4n) is 9.44. The molecule has 4 atom stereocenters. The van der Waals surface area contributed by atoms with Crippen LogP contribution in [0.3, 0.4) is 0 Å². The average Bonchev–Trinajstić information content (AvgIpc) is 1.53. The van der Waals surface area contributed by atoms with E-state index in [4.69, 9.17) is 53.2 Å². The Morgan fingerprint density at radius 1 is 0.553 bits per heavy atom. The Morgan fingerprint density at radius 2 is 0.926 bits per heavy atom. The number of fused-ring (bicyclic) bond motifs is 3. The standard InChI is InChI=1S/C27H29N5O2SSi.C21H15N5O2S.C21H13N5OS.CH4/c1-17(34-36(6,7)27(2,3)4)23(30-21-12-13-22(29-5)24-20(21)14-15-35-24)26-32-31-25(33-26)19-10-8-18(16-28)9-11-19;1-12(27)18(24-16-7-8-17(23-2)19-15(16)9-10-29-19)21-26-25-20(28-21)14-5-3-13(11-22)4-6-14;1-3-16(24-17-8-9-18(23-2)19-15(17)10-11-28-19)21-26-25-20(27-21)14-6-4-13(12-22)5-7-14;/h8-15,17,23,30H,1-4,6-7H3;3-10,12,18,24,27H,1H3;3-11,24H,1H3;1H4/t17?,23-;12-,18+;;/m10../s1. The molecule has 0 aliphatic heterocycles. The minimum Gasteiger partial charge on any atom is -0.418 e. The Hall–Kier alpha value is -11.2. The number of aliphatic hydroxyl groups is 1. The Morgan fingerprint density at radius 3 is 1.31 bits per heavy atom. The van der Waals surface area contributed by atoms with Gasteiger partial charge in [0, 0.05) is 64.0 Å². The van der Waals surface area contributed by atoms with Crippen LogP contribution in [0.1, 0.15) is 95.4 Å². The second kappa shape index (κ2) is 29.4. The van der Waals surface area contributed by atoms with Gasteiger partial charge in [-0.2, -0.15) is 49.8 Å². The van der Waals surface area contributed by atoms with Crippen LogP contribution in [-0.4, -0.2) is 56.2 Å². The largest absolute Gasteiger partial charge is 0.418 e. The van der Waals surface area contributed by atoms with Gasteiger partial charge in [-0.25, -0.2) is 14.5 Å². The van der Waals surface area contributed by atoms with Crippen molar-refractivity contribution in [2.75, 3.05) is 16.0 Å². The highest BCUT2D eigenvalue weighted by molar-refractivity contribution is 7.18. The van der Waals surface area contributed by atoms with Crippen molar-refractivity contribution in [2.45, 2.75) is 91.4 Å². The molecule has 4 N–H and O–H groups in total. The zero-order chi connectivity index (χ0) is 66.0. The Kier molecular flexibility index (Phi) is 21.0. The molecule has 468 valence electrons. The Bertz CT molecular complexity index is 4960. The van der Waals surface area contributed by atoms with Crippen LogP contribution < -0.4 is 16.0 Å². The molecule has 12 rings (SSSR count). The molecular weight excluding hydrogens is 1260 g/mol. The van der Waals surface area contributed by atoms with E-state index < -0.39 is 26.5 Å². The first-order chi connectivity index (χ1) is 44.9. The molecule has 0 spiro atoms. The van der Waals surface area contributed by atoms with E-state index in [9.17, 15) is 5.11 Å². The minimum atomic E-state index is -2.10. The SMILES string of the molecule is C.[C-]#[N+]c1ccc(NC(=CC)c2nnc(-c3ccc(C#N)cc3)o2)c2ccsc12.[C-]#[N+]c1ccc(N[C@@H](c2nnc(-c3ccc(C#N)cc3)o2)C(C)O[Si](C)(C)C(C)(C)C)c2ccsc12.[C-]#[N+]c1ccc(N[C@@H](c2nnc(-c3ccc(C#N)cc3)o2)[C@H](C)O)c2ccsc12. The van der Waals surface area contributed by atoms with Gasteiger partial charge in [-0.1, -0.05) is 52.5 Å². The summed E-state index contributed by atoms with van der Waals surface area (Å²) in [6.45, 7) is 38.7. The summed E-state index contributed by atoms with van der Waals surface area (Å²) in [5, 5.41) is 81.3. The fraction of sp³-hybridized carbons (Fsp3) is 0.200. The molecule has 0 saturated carbocycles. The molecule has 0 aliphatic rings. The Balaban J connectivity index is 0.000000167. The number of aromatic nitrogens is 6. The molecule has 6 aromatic heterocycles. The fourth-order valence-corrected chi connectivity index (χ4v) is 13.5. The van der Waals surface area contributed by atoms with Gasteiger partial charge in [-0.05, 0) is 164 Å². The van der Waals surface area contributed by atoms with Gasteiger partial charge in [0.1, 0.15) is 12.1 Å². The lowest BCUT2D eigenvalue weighted by Crippen LogP contribution is -2.45. The number of hydrogen-bond acceptors (Lipinski definition) is 20. The number of nitrogens with one attached hydrogen (secondary N) is 3. The van der Waals surface area contributed by atoms with E-state index >= 15 is 0 Å². The van der Waals surface area contributed by atoms with Crippen LogP contribution in [0.15, 0.2) is 163 Å². The number of thiophene rings is 3. The zero-order valence-electron chi connectivity index (χ0n) is 51.4. The molecule has 12 aromatic rings. The summed E-state index contributed by atoms with van der Waals surface area (Å²) in [4.78, 5) is 10.8. The summed E-state index contributed by atoms with van der Waals surface area (Å²) >= 11 is 4.59. The van der Waals surface area contributed by atoms with Gasteiger partial charge in [0.25, 0.3) is 5.89 Å². The van der Waals surface area contributed by atoms with Gasteiger partial charge in [-0.3, -0.25) is 0 Å². The van der Waals surface area contributed by atoms with E-state index in [0.717, 1.165) is 58.4 Å². The third kappa shape index (κ3) is 14.8. The molecule has 6 heterocycles. The van der Waals surface area contributed by atoms with Crippen molar-refractivity contribution in [3.8, 4) is 52.6 Å². The summed E-state index contributed by atoms with van der Waals surface area (Å²) in [5.41, 5.74) is 8.92. The monoisotopic (exact) mass is 1320 g/mol. The molecule has 0 amide bonds. The van der Waals surface area contributed by atoms with E-state index in [-0.39, 0.29) is 24.5 Å². The van der Waals surface area contributed by atoms with Crippen molar-refractivity contribution in [1.29, 1.82) is 15.8 Å². The maximum Gasteiger partial charge on any atom is 0.264 e. The summed E-state index contributed by atoms with van der Waals surface area (Å²) < 4.78 is 27.3. The predicted molar refractivity (Wildman–Crippen MR) is 374 cm³/mol. The van der Waals surface area contributed by atoms with Crippen LogP contribution in [0, 0.1) is 53.7 Å². The minimum absolute atomic E-state index is 0. The first-order valence-electron chi connectivity index (χ1n) is 28.9. The molecule has 94 heavy (non-hydrogen) atoms. The van der Waals surface area contributed by atoms with Gasteiger partial charge < -0.3 is 38.7 Å². The highest BCUT2D eigenvalue weighted by atomic mass is 32.1. The van der Waals surface area contributed by atoms with Gasteiger partial charge in [-0.15, -0.1) is 30.6 Å². The van der Waals surface area contributed by atoms with Crippen LogP contribution in [0.25, 0.3) is 84.9 Å². The van der Waals surface area contributed by atoms with Crippen LogP contribution in [-0.2, 0) is 4.43 Å². The van der Waals surface area contributed by atoms with Crippen LogP contribution in [0.2, 0.25) is 18.1 Å². The number of aliphatic hydroxyl groups excluding tert-OH is 1. The molecule has 0 aliphatic carbocycles. The first kappa shape index (κ1) is 67.2. The zero-order valence-corrected chi connectivity index (χ0v) is 54.9. The lowest BCUT2D eigenvalue weighted by molar-refractivity contribution is 0.160. The van der Waals surface area contributed by atoms with Gasteiger partial charge >= 0.3 is 0 Å². The molecule has 0 fully saturated rings. The molecular formula is C70H61N15O5S3Si. The Labute approximate surface area is 556 Å². The second-order valence-corrected chi connectivity index (χ2v) is 30.0. The van der Waals surface area contributed by atoms with E-state index in [0.29, 0.717) is 74.5 Å². The van der Waals surface area contributed by atoms with Crippen LogP contribution in [0.4, 0.5) is 34.1 Å². The van der Waals surface area contributed by atoms with Crippen molar-refractivity contribution in [3.63, 3.8) is 0 Å². The van der Waals surface area contributed by atoms with Crippen molar-refractivity contribution in [3.05, 3.63) is 218 Å². The van der Waals surface area contributed by atoms with E-state index in [2.05, 4.69) is 113 Å². The lowest BCUT2D eigenvalue weighted by atomic mass is 10.1. The van der Waals surface area contributed by atoms with E-state index in [1.165, 1.54) is 11.3 Å². The summed E-state index contributed by atoms with van der Waals surface area (Å²) in [5.74, 6) is 2.09. The molecule has 0 saturated heterocycles. The van der Waals surface area contributed by atoms with Crippen molar-refractivity contribution in [2.24, 2.45) is 0 Å². The predicted octanol–water partition coefficient (Wildman–Crippen LogP) is 19.3. The van der Waals surface area contributed by atoms with Crippen LogP contribution >= 0.6 is 34.0 Å². The maximum atomic E-state index is 10.3. The number of nitriles is 3. The van der Waals surface area contributed by atoms with Gasteiger partial charge in [0.15, 0.2) is 8.32 Å². The average molecular weight is 1320 g/mol. The normalized spacial score (nSPS) is 12.5. The number of anilines is 3.